The molecule has 2 unspecified atom stereocenters. The molecule has 6 nitrogen and oxygen atoms in total. The normalized spacial score (nSPS) is 21.2. The summed E-state index contributed by atoms with van der Waals surface area (Å²) in [5.41, 5.74) is -1.41. The summed E-state index contributed by atoms with van der Waals surface area (Å²) >= 11 is 0. The van der Waals surface area contributed by atoms with Gasteiger partial charge in [-0.1, -0.05) is 12.1 Å². The van der Waals surface area contributed by atoms with E-state index in [0.29, 0.717) is 13.1 Å². The number of rotatable bonds is 2. The van der Waals surface area contributed by atoms with Crippen LogP contribution in [0.4, 0.5) is 32.0 Å². The van der Waals surface area contributed by atoms with Gasteiger partial charge in [-0.15, -0.1) is 10.2 Å². The molecule has 2 fully saturated rings. The summed E-state index contributed by atoms with van der Waals surface area (Å²) in [6.07, 6.45) is -8.27. The maximum atomic E-state index is 13.4. The smallest absolute Gasteiger partial charge is 0.370 e. The van der Waals surface area contributed by atoms with Crippen LogP contribution in [0.5, 0.6) is 0 Å². The Balaban J connectivity index is 1.34. The van der Waals surface area contributed by atoms with E-state index in [4.69, 9.17) is 0 Å². The molecule has 0 N–H and O–H groups in total. The molecule has 174 valence electrons. The number of hydrogen-bond donors (Lipinski definition) is 0. The van der Waals surface area contributed by atoms with Crippen LogP contribution in [0, 0.1) is 11.8 Å². The maximum absolute atomic E-state index is 13.4. The van der Waals surface area contributed by atoms with Crippen molar-refractivity contribution >= 4 is 17.2 Å². The van der Waals surface area contributed by atoms with Gasteiger partial charge >= 0.3 is 12.4 Å². The molecule has 2 aliphatic rings. The lowest BCUT2D eigenvalue weighted by atomic mass is 10.0. The van der Waals surface area contributed by atoms with Gasteiger partial charge in [0, 0.05) is 49.9 Å². The highest BCUT2D eigenvalue weighted by Gasteiger charge is 2.44. The van der Waals surface area contributed by atoms with E-state index in [2.05, 4.69) is 10.2 Å². The minimum absolute atomic E-state index is 0.0554. The molecule has 2 atom stereocenters. The summed E-state index contributed by atoms with van der Waals surface area (Å²) in [5.74, 6) is -0.894. The fraction of sp³-hybridized carbons (Fsp3) is 0.381. The van der Waals surface area contributed by atoms with Crippen LogP contribution < -0.4 is 4.90 Å². The number of fused-ring (bicyclic) bond motifs is 2. The van der Waals surface area contributed by atoms with Gasteiger partial charge in [-0.3, -0.25) is 9.20 Å². The van der Waals surface area contributed by atoms with E-state index in [1.807, 2.05) is 0 Å². The number of nitrogens with zero attached hydrogens (tertiary/aromatic N) is 5. The van der Waals surface area contributed by atoms with E-state index in [1.165, 1.54) is 17.0 Å². The highest BCUT2D eigenvalue weighted by molar-refractivity contribution is 5.91. The van der Waals surface area contributed by atoms with Crippen molar-refractivity contribution in [1.29, 1.82) is 0 Å². The van der Waals surface area contributed by atoms with Crippen molar-refractivity contribution in [2.24, 2.45) is 11.8 Å². The number of alkyl halides is 6. The van der Waals surface area contributed by atoms with Crippen molar-refractivity contribution in [1.82, 2.24) is 19.5 Å². The van der Waals surface area contributed by atoms with E-state index in [1.54, 1.807) is 11.0 Å². The van der Waals surface area contributed by atoms with Crippen molar-refractivity contribution in [3.8, 4) is 0 Å². The third-order valence-corrected chi connectivity index (χ3v) is 6.24. The Bertz CT molecular complexity index is 1210. The first-order chi connectivity index (χ1) is 15.5. The summed E-state index contributed by atoms with van der Waals surface area (Å²) < 4.78 is 80.4. The predicted octanol–water partition coefficient (Wildman–Crippen LogP) is 3.98. The van der Waals surface area contributed by atoms with Crippen LogP contribution in [0.25, 0.3) is 5.65 Å². The van der Waals surface area contributed by atoms with Crippen LogP contribution >= 0.6 is 0 Å². The first kappa shape index (κ1) is 21.5. The molecule has 33 heavy (non-hydrogen) atoms. The van der Waals surface area contributed by atoms with Crippen LogP contribution in [0.2, 0.25) is 0 Å². The molecule has 12 heteroatoms. The van der Waals surface area contributed by atoms with Crippen LogP contribution in [0.1, 0.15) is 21.7 Å². The van der Waals surface area contributed by atoms with E-state index in [-0.39, 0.29) is 42.1 Å². The van der Waals surface area contributed by atoms with Crippen molar-refractivity contribution in [2.45, 2.75) is 12.4 Å². The molecule has 2 saturated heterocycles. The summed E-state index contributed by atoms with van der Waals surface area (Å²) in [6, 6.07) is 7.39. The third-order valence-electron chi connectivity index (χ3n) is 6.24. The molecule has 5 rings (SSSR count). The van der Waals surface area contributed by atoms with E-state index in [9.17, 15) is 31.1 Å². The number of carbonyl (C=O) groups excluding carboxylic acids is 1. The molecule has 0 spiro atoms. The standard InChI is InChI=1S/C21H17F6N5O/c22-20(23,24)14-5-6-17-28-29-18(32(17)11-14)19(33)31-9-12-7-30(8-13(12)10-31)16-4-2-1-3-15(16)21(25,26)27/h1-6,11-13H,7-10H2. The quantitative estimate of drug-likeness (QED) is 0.533. The number of amides is 1. The van der Waals surface area contributed by atoms with Crippen molar-refractivity contribution in [2.75, 3.05) is 31.1 Å². The number of anilines is 1. The zero-order chi connectivity index (χ0) is 23.5. The SMILES string of the molecule is O=C(c1nnc2ccc(C(F)(F)F)cn12)N1CC2CN(c3ccccc3C(F)(F)F)CC2C1. The molecule has 0 bridgehead atoms. The molecular formula is C21H17F6N5O. The average Bonchev–Trinajstić information content (AvgIpc) is 3.44. The molecule has 1 aromatic carbocycles. The molecule has 1 amide bonds. The van der Waals surface area contributed by atoms with Crippen LogP contribution in [0.3, 0.4) is 0 Å². The van der Waals surface area contributed by atoms with Crippen molar-refractivity contribution in [3.63, 3.8) is 0 Å². The molecule has 3 aromatic rings. The maximum Gasteiger partial charge on any atom is 0.418 e. The number of benzene rings is 1. The fourth-order valence-corrected chi connectivity index (χ4v) is 4.69. The summed E-state index contributed by atoms with van der Waals surface area (Å²) in [4.78, 5) is 16.2. The molecule has 4 heterocycles. The first-order valence-corrected chi connectivity index (χ1v) is 10.1. The van der Waals surface area contributed by atoms with Gasteiger partial charge in [-0.25, -0.2) is 0 Å². The zero-order valence-corrected chi connectivity index (χ0v) is 16.9. The number of halogens is 6. The van der Waals surface area contributed by atoms with Gasteiger partial charge in [0.1, 0.15) is 0 Å². The number of pyridine rings is 1. The number of aromatic nitrogens is 3. The second kappa shape index (κ2) is 7.35. The van der Waals surface area contributed by atoms with Gasteiger partial charge < -0.3 is 9.80 Å². The number of para-hydroxylation sites is 1. The van der Waals surface area contributed by atoms with Crippen molar-refractivity contribution in [3.05, 3.63) is 59.5 Å². The first-order valence-electron chi connectivity index (χ1n) is 10.1. The Morgan fingerprint density at radius 1 is 0.848 bits per heavy atom. The Morgan fingerprint density at radius 2 is 1.52 bits per heavy atom. The van der Waals surface area contributed by atoms with Crippen molar-refractivity contribution < 1.29 is 31.1 Å². The highest BCUT2D eigenvalue weighted by Crippen LogP contribution is 2.41. The number of hydrogen-bond acceptors (Lipinski definition) is 4. The highest BCUT2D eigenvalue weighted by atomic mass is 19.4. The van der Waals surface area contributed by atoms with Crippen LogP contribution in [-0.4, -0.2) is 51.6 Å². The minimum atomic E-state index is -4.58. The molecule has 0 aliphatic carbocycles. The van der Waals surface area contributed by atoms with E-state index < -0.39 is 29.4 Å². The summed E-state index contributed by atoms with van der Waals surface area (Å²) in [7, 11) is 0. The number of carbonyl (C=O) groups is 1. The van der Waals surface area contributed by atoms with Gasteiger partial charge in [-0.2, -0.15) is 26.3 Å². The molecule has 2 aromatic heterocycles. The van der Waals surface area contributed by atoms with Gasteiger partial charge in [0.05, 0.1) is 11.1 Å². The molecule has 0 saturated carbocycles. The zero-order valence-electron chi connectivity index (χ0n) is 16.9. The monoisotopic (exact) mass is 469 g/mol. The minimum Gasteiger partial charge on any atom is -0.370 e. The second-order valence-electron chi connectivity index (χ2n) is 8.32. The van der Waals surface area contributed by atoms with Gasteiger partial charge in [0.15, 0.2) is 5.65 Å². The van der Waals surface area contributed by atoms with Gasteiger partial charge in [0.2, 0.25) is 5.82 Å². The largest absolute Gasteiger partial charge is 0.418 e. The summed E-state index contributed by atoms with van der Waals surface area (Å²) in [6.45, 7) is 1.25. The molecule has 0 radical (unpaired) electrons. The van der Waals surface area contributed by atoms with E-state index >= 15 is 0 Å². The fourth-order valence-electron chi connectivity index (χ4n) is 4.69. The summed E-state index contributed by atoms with van der Waals surface area (Å²) in [5, 5.41) is 7.55. The Kier molecular flexibility index (Phi) is 4.80. The third kappa shape index (κ3) is 3.76. The second-order valence-corrected chi connectivity index (χ2v) is 8.32. The lowest BCUT2D eigenvalue weighted by molar-refractivity contribution is -0.138. The van der Waals surface area contributed by atoms with Gasteiger partial charge in [-0.05, 0) is 24.3 Å². The lowest BCUT2D eigenvalue weighted by Gasteiger charge is -2.25. The predicted molar refractivity (Wildman–Crippen MR) is 105 cm³/mol. The Hall–Kier alpha value is -3.31. The topological polar surface area (TPSA) is 53.7 Å². The number of likely N-dealkylation sites (tertiary alicyclic amines) is 1. The molecule has 2 aliphatic heterocycles. The van der Waals surface area contributed by atoms with E-state index in [0.717, 1.165) is 28.8 Å². The van der Waals surface area contributed by atoms with Crippen LogP contribution in [0.15, 0.2) is 42.6 Å². The Morgan fingerprint density at radius 3 is 2.15 bits per heavy atom. The van der Waals surface area contributed by atoms with Crippen LogP contribution in [-0.2, 0) is 12.4 Å². The Labute approximate surface area is 183 Å². The lowest BCUT2D eigenvalue weighted by Crippen LogP contribution is -2.34. The molecular weight excluding hydrogens is 452 g/mol. The van der Waals surface area contributed by atoms with Gasteiger partial charge in [0.25, 0.3) is 5.91 Å². The average molecular weight is 469 g/mol.